The Hall–Kier alpha value is -4.44. The van der Waals surface area contributed by atoms with Crippen molar-refractivity contribution < 1.29 is 20.4 Å². The minimum absolute atomic E-state index is 0.312. The van der Waals surface area contributed by atoms with E-state index >= 15 is 0 Å². The summed E-state index contributed by atoms with van der Waals surface area (Å²) in [5.74, 6) is 1.44. The standard InChI is InChI=1S/C21H24O2.C19H20O2/c1-9-11(3)20(22)14(6)18-13(5)19-15(7)21(23)12(4)10(2)17(19)8-16(9)18;1-9-10(2)19(21)13(5)16-8-15-11(3)17(20)7-6-14(15)12(4)18(9)16/h8,22-23H,1-7H3;6-8,20-21H,1-5H3. The van der Waals surface area contributed by atoms with Crippen LogP contribution in [0.1, 0.15) is 66.8 Å². The van der Waals surface area contributed by atoms with Gasteiger partial charge in [0.1, 0.15) is 23.0 Å². The molecule has 4 N–H and O–H groups in total. The van der Waals surface area contributed by atoms with Crippen LogP contribution in [0.3, 0.4) is 0 Å². The Bertz CT molecular complexity index is 2140. The number of phenols is 4. The predicted molar refractivity (Wildman–Crippen MR) is 186 cm³/mol. The first-order valence-corrected chi connectivity index (χ1v) is 15.2. The van der Waals surface area contributed by atoms with E-state index in [4.69, 9.17) is 0 Å². The maximum absolute atomic E-state index is 10.5. The van der Waals surface area contributed by atoms with Crippen LogP contribution in [0.25, 0.3) is 43.1 Å². The highest BCUT2D eigenvalue weighted by Gasteiger charge is 2.20. The molecular weight excluding hydrogens is 544 g/mol. The second-order valence-electron chi connectivity index (χ2n) is 12.7. The Morgan fingerprint density at radius 1 is 0.295 bits per heavy atom. The van der Waals surface area contributed by atoms with E-state index in [0.29, 0.717) is 23.0 Å². The summed E-state index contributed by atoms with van der Waals surface area (Å²) in [7, 11) is 0. The second kappa shape index (κ2) is 10.6. The molecule has 0 aliphatic rings. The van der Waals surface area contributed by atoms with Crippen LogP contribution < -0.4 is 0 Å². The highest BCUT2D eigenvalue weighted by Crippen LogP contribution is 2.44. The van der Waals surface area contributed by atoms with Crippen molar-refractivity contribution in [2.24, 2.45) is 0 Å². The molecule has 0 saturated carbocycles. The smallest absolute Gasteiger partial charge is 0.122 e. The van der Waals surface area contributed by atoms with Crippen LogP contribution in [0, 0.1) is 83.1 Å². The summed E-state index contributed by atoms with van der Waals surface area (Å²) in [5, 5.41) is 50.2. The molecule has 0 saturated heterocycles. The molecule has 0 bridgehead atoms. The van der Waals surface area contributed by atoms with Gasteiger partial charge in [-0.1, -0.05) is 6.07 Å². The summed E-state index contributed by atoms with van der Waals surface area (Å²) in [6.07, 6.45) is 0. The molecular formula is C40H44O4. The quantitative estimate of drug-likeness (QED) is 0.133. The fourth-order valence-electron chi connectivity index (χ4n) is 7.27. The number of aryl methyl sites for hydroxylation is 9. The van der Waals surface area contributed by atoms with Crippen molar-refractivity contribution in [1.29, 1.82) is 0 Å². The van der Waals surface area contributed by atoms with Crippen molar-refractivity contribution in [3.8, 4) is 23.0 Å². The molecule has 0 heterocycles. The maximum atomic E-state index is 10.5. The van der Waals surface area contributed by atoms with E-state index in [1.165, 1.54) is 21.7 Å². The maximum Gasteiger partial charge on any atom is 0.122 e. The van der Waals surface area contributed by atoms with Crippen molar-refractivity contribution in [3.05, 3.63) is 91.0 Å². The highest BCUT2D eigenvalue weighted by molar-refractivity contribution is 6.09. The van der Waals surface area contributed by atoms with Crippen LogP contribution in [-0.2, 0) is 0 Å². The van der Waals surface area contributed by atoms with Gasteiger partial charge in [0.2, 0.25) is 0 Å². The molecule has 0 unspecified atom stereocenters. The number of fused-ring (bicyclic) bond motifs is 4. The third-order valence-corrected chi connectivity index (χ3v) is 10.6. The van der Waals surface area contributed by atoms with E-state index in [2.05, 4.69) is 46.8 Å². The molecule has 0 atom stereocenters. The lowest BCUT2D eigenvalue weighted by Gasteiger charge is -2.20. The molecule has 6 rings (SSSR count). The van der Waals surface area contributed by atoms with E-state index in [-0.39, 0.29) is 0 Å². The first-order valence-electron chi connectivity index (χ1n) is 15.2. The summed E-state index contributed by atoms with van der Waals surface area (Å²) in [6.45, 7) is 24.1. The van der Waals surface area contributed by atoms with Gasteiger partial charge in [-0.3, -0.25) is 0 Å². The van der Waals surface area contributed by atoms with E-state index < -0.39 is 0 Å². The zero-order chi connectivity index (χ0) is 32.7. The predicted octanol–water partition coefficient (Wildman–Crippen LogP) is 10.5. The molecule has 44 heavy (non-hydrogen) atoms. The van der Waals surface area contributed by atoms with Gasteiger partial charge in [0.25, 0.3) is 0 Å². The largest absolute Gasteiger partial charge is 0.508 e. The zero-order valence-electron chi connectivity index (χ0n) is 28.1. The van der Waals surface area contributed by atoms with Crippen molar-refractivity contribution in [2.75, 3.05) is 0 Å². The van der Waals surface area contributed by atoms with Gasteiger partial charge in [0.15, 0.2) is 0 Å². The average Bonchev–Trinajstić information content (AvgIpc) is 3.00. The number of aromatic hydroxyl groups is 4. The van der Waals surface area contributed by atoms with Crippen LogP contribution >= 0.6 is 0 Å². The van der Waals surface area contributed by atoms with Crippen LogP contribution in [0.2, 0.25) is 0 Å². The number of benzene rings is 6. The first kappa shape index (κ1) is 31.0. The van der Waals surface area contributed by atoms with Crippen molar-refractivity contribution in [3.63, 3.8) is 0 Å². The Balaban J connectivity index is 0.000000175. The minimum Gasteiger partial charge on any atom is -0.508 e. The number of hydrogen-bond donors (Lipinski definition) is 4. The van der Waals surface area contributed by atoms with Gasteiger partial charge in [-0.15, -0.1) is 0 Å². The molecule has 0 aliphatic heterocycles. The third kappa shape index (κ3) is 4.26. The summed E-state index contributed by atoms with van der Waals surface area (Å²) >= 11 is 0. The average molecular weight is 589 g/mol. The van der Waals surface area contributed by atoms with Gasteiger partial charge in [-0.25, -0.2) is 0 Å². The van der Waals surface area contributed by atoms with E-state index in [0.717, 1.165) is 88.1 Å². The van der Waals surface area contributed by atoms with Crippen molar-refractivity contribution in [2.45, 2.75) is 83.1 Å². The molecule has 0 radical (unpaired) electrons. The Morgan fingerprint density at radius 2 is 0.682 bits per heavy atom. The SMILES string of the molecule is Cc1c(O)c(C)c2c(C)c3c(C)c(O)c(C)c(C)c3cc2c1C.Cc1c(O)c(C)c2cc3c(C)c(O)ccc3c(C)c2c1C. The number of hydrogen-bond acceptors (Lipinski definition) is 4. The normalized spacial score (nSPS) is 11.5. The van der Waals surface area contributed by atoms with Gasteiger partial charge in [-0.05, 0) is 211 Å². The fourth-order valence-corrected chi connectivity index (χ4v) is 7.27. The summed E-state index contributed by atoms with van der Waals surface area (Å²) in [6, 6.07) is 8.05. The summed E-state index contributed by atoms with van der Waals surface area (Å²) < 4.78 is 0. The van der Waals surface area contributed by atoms with Gasteiger partial charge >= 0.3 is 0 Å². The molecule has 4 nitrogen and oxygen atoms in total. The molecule has 228 valence electrons. The molecule has 6 aromatic carbocycles. The Kier molecular flexibility index (Phi) is 7.48. The van der Waals surface area contributed by atoms with Crippen molar-refractivity contribution >= 4 is 43.1 Å². The van der Waals surface area contributed by atoms with Gasteiger partial charge < -0.3 is 20.4 Å². The summed E-state index contributed by atoms with van der Waals surface area (Å²) in [4.78, 5) is 0. The lowest BCUT2D eigenvalue weighted by molar-refractivity contribution is 0.467. The fraction of sp³-hybridized carbons (Fsp3) is 0.300. The monoisotopic (exact) mass is 588 g/mol. The summed E-state index contributed by atoms with van der Waals surface area (Å²) in [5.41, 5.74) is 12.1. The Morgan fingerprint density at radius 3 is 1.18 bits per heavy atom. The van der Waals surface area contributed by atoms with Gasteiger partial charge in [0.05, 0.1) is 0 Å². The van der Waals surface area contributed by atoms with Crippen LogP contribution in [-0.4, -0.2) is 20.4 Å². The molecule has 0 fully saturated rings. The van der Waals surface area contributed by atoms with Crippen LogP contribution in [0.15, 0.2) is 24.3 Å². The topological polar surface area (TPSA) is 80.9 Å². The lowest BCUT2D eigenvalue weighted by atomic mass is 9.85. The molecule has 4 heteroatoms. The van der Waals surface area contributed by atoms with E-state index in [1.807, 2.05) is 54.5 Å². The van der Waals surface area contributed by atoms with Crippen molar-refractivity contribution in [1.82, 2.24) is 0 Å². The first-order chi connectivity index (χ1) is 20.5. The van der Waals surface area contributed by atoms with Gasteiger partial charge in [-0.2, -0.15) is 0 Å². The van der Waals surface area contributed by atoms with E-state index in [9.17, 15) is 20.4 Å². The molecule has 0 amide bonds. The molecule has 6 aromatic rings. The highest BCUT2D eigenvalue weighted by atomic mass is 16.3. The third-order valence-electron chi connectivity index (χ3n) is 10.6. The Labute approximate surface area is 260 Å². The second-order valence-corrected chi connectivity index (χ2v) is 12.7. The van der Waals surface area contributed by atoms with E-state index in [1.54, 1.807) is 6.07 Å². The molecule has 0 spiro atoms. The molecule has 0 aliphatic carbocycles. The zero-order valence-corrected chi connectivity index (χ0v) is 28.1. The molecule has 0 aromatic heterocycles. The van der Waals surface area contributed by atoms with Crippen LogP contribution in [0.4, 0.5) is 0 Å². The van der Waals surface area contributed by atoms with Crippen LogP contribution in [0.5, 0.6) is 23.0 Å². The number of phenolic OH excluding ortho intramolecular Hbond substituents is 4. The van der Waals surface area contributed by atoms with Gasteiger partial charge in [0, 0.05) is 0 Å². The lowest BCUT2D eigenvalue weighted by Crippen LogP contribution is -1.97. The number of rotatable bonds is 0. The minimum atomic E-state index is 0.312.